The van der Waals surface area contributed by atoms with Gasteiger partial charge in [-0.15, -0.1) is 5.10 Å². The van der Waals surface area contributed by atoms with E-state index in [1.54, 1.807) is 6.26 Å². The summed E-state index contributed by atoms with van der Waals surface area (Å²) in [5.41, 5.74) is 7.43. The average Bonchev–Trinajstić information content (AvgIpc) is 3.23. The van der Waals surface area contributed by atoms with Crippen LogP contribution in [0, 0.1) is 0 Å². The summed E-state index contributed by atoms with van der Waals surface area (Å²) in [7, 11) is 0. The summed E-state index contributed by atoms with van der Waals surface area (Å²) in [5, 5.41) is 7.59. The Labute approximate surface area is 146 Å². The third kappa shape index (κ3) is 3.00. The van der Waals surface area contributed by atoms with Gasteiger partial charge in [0.1, 0.15) is 5.69 Å². The zero-order chi connectivity index (χ0) is 17.1. The van der Waals surface area contributed by atoms with Crippen molar-refractivity contribution in [2.45, 2.75) is 0 Å². The van der Waals surface area contributed by atoms with Crippen LogP contribution in [0.25, 0.3) is 39.6 Å². The van der Waals surface area contributed by atoms with Crippen molar-refractivity contribution < 1.29 is 4.52 Å². The van der Waals surface area contributed by atoms with E-state index in [9.17, 15) is 0 Å². The SMILES string of the molecule is C=Cc1ccc(-c2cc(-c3conn3)ccc2-c2ccccc2)cc1. The Balaban J connectivity index is 1.90. The van der Waals surface area contributed by atoms with Crippen LogP contribution in [0.15, 0.2) is 90.2 Å². The molecule has 0 radical (unpaired) electrons. The molecule has 1 heterocycles. The highest BCUT2D eigenvalue weighted by Gasteiger charge is 2.11. The Morgan fingerprint density at radius 2 is 1.48 bits per heavy atom. The first-order chi connectivity index (χ1) is 12.3. The summed E-state index contributed by atoms with van der Waals surface area (Å²) < 4.78 is 4.89. The van der Waals surface area contributed by atoms with Crippen molar-refractivity contribution in [3.8, 4) is 33.5 Å². The van der Waals surface area contributed by atoms with Crippen LogP contribution < -0.4 is 0 Å². The molecule has 0 unspecified atom stereocenters. The van der Waals surface area contributed by atoms with Crippen LogP contribution in [-0.2, 0) is 0 Å². The van der Waals surface area contributed by atoms with Crippen molar-refractivity contribution in [1.29, 1.82) is 0 Å². The zero-order valence-electron chi connectivity index (χ0n) is 13.6. The molecule has 0 saturated carbocycles. The van der Waals surface area contributed by atoms with E-state index in [0.717, 1.165) is 27.9 Å². The molecule has 0 spiro atoms. The Morgan fingerprint density at radius 3 is 2.16 bits per heavy atom. The molecule has 1 aromatic heterocycles. The molecule has 0 aliphatic carbocycles. The fourth-order valence-electron chi connectivity index (χ4n) is 2.90. The highest BCUT2D eigenvalue weighted by atomic mass is 16.5. The summed E-state index contributed by atoms with van der Waals surface area (Å²) in [6.07, 6.45) is 3.40. The third-order valence-electron chi connectivity index (χ3n) is 4.22. The first kappa shape index (κ1) is 15.1. The fraction of sp³-hybridized carbons (Fsp3) is 0. The normalized spacial score (nSPS) is 10.6. The summed E-state index contributed by atoms with van der Waals surface area (Å²) in [5.74, 6) is 0. The van der Waals surface area contributed by atoms with Crippen LogP contribution in [0.2, 0.25) is 0 Å². The molecular weight excluding hydrogens is 308 g/mol. The second-order valence-electron chi connectivity index (χ2n) is 5.74. The van der Waals surface area contributed by atoms with Gasteiger partial charge in [0.15, 0.2) is 6.26 Å². The number of hydrogen-bond acceptors (Lipinski definition) is 3. The number of rotatable bonds is 4. The number of benzene rings is 3. The minimum atomic E-state index is 0.726. The minimum Gasteiger partial charge on any atom is -0.345 e. The molecule has 3 nitrogen and oxygen atoms in total. The van der Waals surface area contributed by atoms with Gasteiger partial charge in [-0.25, -0.2) is 0 Å². The molecule has 0 aliphatic rings. The van der Waals surface area contributed by atoms with Gasteiger partial charge < -0.3 is 4.52 Å². The van der Waals surface area contributed by atoms with Crippen LogP contribution in [-0.4, -0.2) is 10.4 Å². The van der Waals surface area contributed by atoms with Gasteiger partial charge in [-0.3, -0.25) is 0 Å². The van der Waals surface area contributed by atoms with E-state index < -0.39 is 0 Å². The van der Waals surface area contributed by atoms with E-state index in [-0.39, 0.29) is 0 Å². The maximum atomic E-state index is 4.89. The zero-order valence-corrected chi connectivity index (χ0v) is 13.6. The van der Waals surface area contributed by atoms with E-state index in [2.05, 4.69) is 77.6 Å². The predicted octanol–water partition coefficient (Wildman–Crippen LogP) is 5.71. The van der Waals surface area contributed by atoms with E-state index in [0.29, 0.717) is 0 Å². The summed E-state index contributed by atoms with van der Waals surface area (Å²) >= 11 is 0. The van der Waals surface area contributed by atoms with E-state index in [1.807, 2.05) is 18.2 Å². The third-order valence-corrected chi connectivity index (χ3v) is 4.22. The van der Waals surface area contributed by atoms with Gasteiger partial charge >= 0.3 is 0 Å². The summed E-state index contributed by atoms with van der Waals surface area (Å²) in [6, 6.07) is 25.0. The molecule has 3 heteroatoms. The summed E-state index contributed by atoms with van der Waals surface area (Å²) in [6.45, 7) is 3.82. The van der Waals surface area contributed by atoms with E-state index in [1.165, 1.54) is 11.1 Å². The number of hydrogen-bond donors (Lipinski definition) is 0. The lowest BCUT2D eigenvalue weighted by Crippen LogP contribution is -1.88. The standard InChI is InChI=1S/C22H16N2O/c1-2-16-8-10-18(11-9-16)21-14-19(22-15-25-24-23-22)12-13-20(21)17-6-4-3-5-7-17/h2-15H,1H2. The predicted molar refractivity (Wildman–Crippen MR) is 101 cm³/mol. The molecule has 0 fully saturated rings. The van der Waals surface area contributed by atoms with Gasteiger partial charge in [0.2, 0.25) is 0 Å². The Kier molecular flexibility index (Phi) is 3.97. The lowest BCUT2D eigenvalue weighted by atomic mass is 9.92. The fourth-order valence-corrected chi connectivity index (χ4v) is 2.90. The maximum Gasteiger partial charge on any atom is 0.152 e. The van der Waals surface area contributed by atoms with Crippen molar-refractivity contribution >= 4 is 6.08 Å². The molecule has 0 bridgehead atoms. The molecule has 0 atom stereocenters. The van der Waals surface area contributed by atoms with Gasteiger partial charge in [-0.2, -0.15) is 0 Å². The molecule has 4 aromatic rings. The molecule has 0 amide bonds. The molecule has 4 rings (SSSR count). The van der Waals surface area contributed by atoms with Crippen LogP contribution in [0.4, 0.5) is 0 Å². The van der Waals surface area contributed by atoms with Gasteiger partial charge in [0, 0.05) is 10.8 Å². The average molecular weight is 324 g/mol. The van der Waals surface area contributed by atoms with Crippen LogP contribution in [0.5, 0.6) is 0 Å². The molecule has 3 aromatic carbocycles. The number of aromatic nitrogens is 2. The van der Waals surface area contributed by atoms with Crippen LogP contribution in [0.3, 0.4) is 0 Å². The maximum absolute atomic E-state index is 4.89. The van der Waals surface area contributed by atoms with E-state index >= 15 is 0 Å². The van der Waals surface area contributed by atoms with Crippen molar-refractivity contribution in [2.75, 3.05) is 0 Å². The monoisotopic (exact) mass is 324 g/mol. The van der Waals surface area contributed by atoms with Crippen molar-refractivity contribution in [3.05, 3.63) is 91.2 Å². The van der Waals surface area contributed by atoms with E-state index in [4.69, 9.17) is 4.52 Å². The Morgan fingerprint density at radius 1 is 0.760 bits per heavy atom. The molecule has 0 aliphatic heterocycles. The van der Waals surface area contributed by atoms with Crippen LogP contribution >= 0.6 is 0 Å². The second kappa shape index (κ2) is 6.57. The van der Waals surface area contributed by atoms with Gasteiger partial charge in [0.05, 0.1) is 0 Å². The first-order valence-corrected chi connectivity index (χ1v) is 8.05. The molecular formula is C22H16N2O. The van der Waals surface area contributed by atoms with Crippen LogP contribution in [0.1, 0.15) is 5.56 Å². The Bertz CT molecular complexity index is 988. The van der Waals surface area contributed by atoms with Crippen molar-refractivity contribution in [2.24, 2.45) is 0 Å². The minimum absolute atomic E-state index is 0.726. The first-order valence-electron chi connectivity index (χ1n) is 8.05. The topological polar surface area (TPSA) is 38.9 Å². The number of nitrogens with zero attached hydrogens (tertiary/aromatic N) is 2. The van der Waals surface area contributed by atoms with Gasteiger partial charge in [-0.1, -0.05) is 79.4 Å². The Hall–Kier alpha value is -3.46. The lowest BCUT2D eigenvalue weighted by molar-refractivity contribution is 0.393. The molecule has 0 N–H and O–H groups in total. The van der Waals surface area contributed by atoms with Crippen molar-refractivity contribution in [1.82, 2.24) is 10.4 Å². The molecule has 120 valence electrons. The molecule has 0 saturated heterocycles. The highest BCUT2D eigenvalue weighted by molar-refractivity contribution is 5.86. The summed E-state index contributed by atoms with van der Waals surface area (Å²) in [4.78, 5) is 0. The smallest absolute Gasteiger partial charge is 0.152 e. The lowest BCUT2D eigenvalue weighted by Gasteiger charge is -2.12. The quantitative estimate of drug-likeness (QED) is 0.482. The van der Waals surface area contributed by atoms with Crippen molar-refractivity contribution in [3.63, 3.8) is 0 Å². The van der Waals surface area contributed by atoms with Gasteiger partial charge in [0.25, 0.3) is 0 Å². The molecule has 25 heavy (non-hydrogen) atoms. The second-order valence-corrected chi connectivity index (χ2v) is 5.74. The van der Waals surface area contributed by atoms with Gasteiger partial charge in [-0.05, 0) is 33.9 Å². The largest absolute Gasteiger partial charge is 0.345 e. The highest BCUT2D eigenvalue weighted by Crippen LogP contribution is 2.35.